The summed E-state index contributed by atoms with van der Waals surface area (Å²) in [5, 5.41) is 2.55. The van der Waals surface area contributed by atoms with Crippen LogP contribution in [0.2, 0.25) is 0 Å². The molecule has 0 aromatic rings. The average Bonchev–Trinajstić information content (AvgIpc) is 2.16. The zero-order chi connectivity index (χ0) is 11.4. The number of alkyl carbamates (subject to hydrolysis) is 1. The highest BCUT2D eigenvalue weighted by Crippen LogP contribution is 2.15. The van der Waals surface area contributed by atoms with Gasteiger partial charge in [-0.3, -0.25) is 4.79 Å². The SMILES string of the molecule is COC(=O)C[C@H]1C[C@H]([C@@H](C)N)OC(=O)N1. The minimum Gasteiger partial charge on any atom is -0.469 e. The number of nitrogens with two attached hydrogens (primary N) is 1. The van der Waals surface area contributed by atoms with Gasteiger partial charge in [0.25, 0.3) is 0 Å². The third kappa shape index (κ3) is 3.39. The number of hydrogen-bond donors (Lipinski definition) is 2. The summed E-state index contributed by atoms with van der Waals surface area (Å²) in [7, 11) is 1.31. The van der Waals surface area contributed by atoms with Crippen molar-refractivity contribution in [3.8, 4) is 0 Å². The van der Waals surface area contributed by atoms with Crippen LogP contribution < -0.4 is 11.1 Å². The van der Waals surface area contributed by atoms with E-state index in [1.54, 1.807) is 6.92 Å². The van der Waals surface area contributed by atoms with Gasteiger partial charge in [0.05, 0.1) is 13.5 Å². The van der Waals surface area contributed by atoms with E-state index >= 15 is 0 Å². The van der Waals surface area contributed by atoms with Gasteiger partial charge in [0.15, 0.2) is 0 Å². The van der Waals surface area contributed by atoms with Crippen LogP contribution in [-0.4, -0.2) is 37.4 Å². The number of cyclic esters (lactones) is 1. The van der Waals surface area contributed by atoms with Crippen molar-refractivity contribution in [2.45, 2.75) is 38.0 Å². The Labute approximate surface area is 88.1 Å². The Morgan fingerprint density at radius 1 is 1.80 bits per heavy atom. The lowest BCUT2D eigenvalue weighted by molar-refractivity contribution is -0.141. The van der Waals surface area contributed by atoms with Crippen LogP contribution in [0.5, 0.6) is 0 Å². The first-order valence-electron chi connectivity index (χ1n) is 4.82. The standard InChI is InChI=1S/C9H16N2O4/c1-5(10)7-3-6(4-8(12)14-2)11-9(13)15-7/h5-7H,3-4,10H2,1-2H3,(H,11,13)/t5-,6-,7-/m1/s1. The van der Waals surface area contributed by atoms with E-state index < -0.39 is 6.09 Å². The molecule has 3 atom stereocenters. The molecule has 0 aromatic heterocycles. The Morgan fingerprint density at radius 3 is 3.00 bits per heavy atom. The molecule has 1 fully saturated rings. The van der Waals surface area contributed by atoms with Crippen molar-refractivity contribution in [2.75, 3.05) is 7.11 Å². The van der Waals surface area contributed by atoms with Gasteiger partial charge in [-0.05, 0) is 6.92 Å². The number of methoxy groups -OCH3 is 1. The first-order chi connectivity index (χ1) is 7.02. The molecule has 0 spiro atoms. The van der Waals surface area contributed by atoms with E-state index in [1.165, 1.54) is 7.11 Å². The minimum atomic E-state index is -0.530. The van der Waals surface area contributed by atoms with Crippen LogP contribution in [0.25, 0.3) is 0 Å². The third-order valence-electron chi connectivity index (χ3n) is 2.32. The number of nitrogens with one attached hydrogen (secondary N) is 1. The predicted molar refractivity (Wildman–Crippen MR) is 52.1 cm³/mol. The van der Waals surface area contributed by atoms with Gasteiger partial charge in [0.2, 0.25) is 0 Å². The first kappa shape index (κ1) is 11.8. The minimum absolute atomic E-state index is 0.148. The molecular weight excluding hydrogens is 200 g/mol. The molecule has 0 radical (unpaired) electrons. The van der Waals surface area contributed by atoms with Gasteiger partial charge < -0.3 is 20.5 Å². The molecule has 3 N–H and O–H groups in total. The molecule has 15 heavy (non-hydrogen) atoms. The van der Waals surface area contributed by atoms with Crippen molar-refractivity contribution in [2.24, 2.45) is 5.73 Å². The fraction of sp³-hybridized carbons (Fsp3) is 0.778. The van der Waals surface area contributed by atoms with Crippen molar-refractivity contribution in [3.05, 3.63) is 0 Å². The Balaban J connectivity index is 2.51. The molecule has 1 saturated heterocycles. The summed E-state index contributed by atoms with van der Waals surface area (Å²) < 4.78 is 9.49. The molecule has 6 nitrogen and oxygen atoms in total. The lowest BCUT2D eigenvalue weighted by Gasteiger charge is -2.31. The third-order valence-corrected chi connectivity index (χ3v) is 2.32. The summed E-state index contributed by atoms with van der Waals surface area (Å²) in [4.78, 5) is 22.1. The molecule has 0 saturated carbocycles. The molecule has 0 aromatic carbocycles. The van der Waals surface area contributed by atoms with E-state index in [4.69, 9.17) is 10.5 Å². The summed E-state index contributed by atoms with van der Waals surface area (Å²) in [6, 6.07) is -0.495. The van der Waals surface area contributed by atoms with Crippen LogP contribution in [0, 0.1) is 0 Å². The van der Waals surface area contributed by atoms with E-state index in [1.807, 2.05) is 0 Å². The van der Waals surface area contributed by atoms with Gasteiger partial charge in [-0.2, -0.15) is 0 Å². The van der Waals surface area contributed by atoms with E-state index in [-0.39, 0.29) is 30.6 Å². The van der Waals surface area contributed by atoms with Gasteiger partial charge in [-0.15, -0.1) is 0 Å². The number of ether oxygens (including phenoxy) is 2. The lowest BCUT2D eigenvalue weighted by Crippen LogP contribution is -2.51. The number of hydrogen-bond acceptors (Lipinski definition) is 5. The molecule has 1 aliphatic rings. The van der Waals surface area contributed by atoms with Crippen LogP contribution in [0.3, 0.4) is 0 Å². The maximum Gasteiger partial charge on any atom is 0.407 e. The smallest absolute Gasteiger partial charge is 0.407 e. The van der Waals surface area contributed by atoms with Crippen LogP contribution in [0.1, 0.15) is 19.8 Å². The van der Waals surface area contributed by atoms with Crippen molar-refractivity contribution in [3.63, 3.8) is 0 Å². The average molecular weight is 216 g/mol. The summed E-state index contributed by atoms with van der Waals surface area (Å²) in [6.45, 7) is 1.76. The molecule has 1 amide bonds. The molecule has 86 valence electrons. The van der Waals surface area contributed by atoms with Gasteiger partial charge in [-0.1, -0.05) is 0 Å². The molecular formula is C9H16N2O4. The van der Waals surface area contributed by atoms with Crippen molar-refractivity contribution in [1.82, 2.24) is 5.32 Å². The fourth-order valence-corrected chi connectivity index (χ4v) is 1.47. The molecule has 1 rings (SSSR count). The molecule has 1 heterocycles. The summed E-state index contributed by atoms with van der Waals surface area (Å²) in [5.41, 5.74) is 5.63. The van der Waals surface area contributed by atoms with E-state index in [9.17, 15) is 9.59 Å². The topological polar surface area (TPSA) is 90.7 Å². The molecule has 0 aliphatic carbocycles. The maximum absolute atomic E-state index is 11.1. The lowest BCUT2D eigenvalue weighted by atomic mass is 10.0. The maximum atomic E-state index is 11.1. The monoisotopic (exact) mass is 216 g/mol. The summed E-state index contributed by atoms with van der Waals surface area (Å²) >= 11 is 0. The second-order valence-corrected chi connectivity index (χ2v) is 3.66. The van der Waals surface area contributed by atoms with Crippen molar-refractivity contribution < 1.29 is 19.1 Å². The van der Waals surface area contributed by atoms with Gasteiger partial charge in [0, 0.05) is 18.5 Å². The number of carbonyl (C=O) groups is 2. The van der Waals surface area contributed by atoms with Crippen LogP contribution in [0.4, 0.5) is 4.79 Å². The fourth-order valence-electron chi connectivity index (χ4n) is 1.47. The van der Waals surface area contributed by atoms with Crippen LogP contribution in [-0.2, 0) is 14.3 Å². The molecule has 0 bridgehead atoms. The van der Waals surface area contributed by atoms with E-state index in [2.05, 4.69) is 10.1 Å². The van der Waals surface area contributed by atoms with Crippen molar-refractivity contribution in [1.29, 1.82) is 0 Å². The normalized spacial score (nSPS) is 27.5. The predicted octanol–water partition coefficient (Wildman–Crippen LogP) is -0.236. The largest absolute Gasteiger partial charge is 0.469 e. The second kappa shape index (κ2) is 4.97. The zero-order valence-corrected chi connectivity index (χ0v) is 8.86. The number of carbonyl (C=O) groups excluding carboxylic acids is 2. The summed E-state index contributed by atoms with van der Waals surface area (Å²) in [6.07, 6.45) is -0.196. The van der Waals surface area contributed by atoms with Gasteiger partial charge >= 0.3 is 12.1 Å². The first-order valence-corrected chi connectivity index (χ1v) is 4.82. The Bertz CT molecular complexity index is 254. The van der Waals surface area contributed by atoms with E-state index in [0.717, 1.165) is 0 Å². The molecule has 0 unspecified atom stereocenters. The van der Waals surface area contributed by atoms with Gasteiger partial charge in [0.1, 0.15) is 6.10 Å². The second-order valence-electron chi connectivity index (χ2n) is 3.66. The Morgan fingerprint density at radius 2 is 2.47 bits per heavy atom. The molecule has 1 aliphatic heterocycles. The number of amides is 1. The molecule has 6 heteroatoms. The van der Waals surface area contributed by atoms with Crippen LogP contribution >= 0.6 is 0 Å². The highest BCUT2D eigenvalue weighted by atomic mass is 16.6. The quantitative estimate of drug-likeness (QED) is 0.635. The van der Waals surface area contributed by atoms with Crippen LogP contribution in [0.15, 0.2) is 0 Å². The summed E-state index contributed by atoms with van der Waals surface area (Å²) in [5.74, 6) is -0.356. The van der Waals surface area contributed by atoms with E-state index in [0.29, 0.717) is 6.42 Å². The number of esters is 1. The van der Waals surface area contributed by atoms with Gasteiger partial charge in [-0.25, -0.2) is 4.79 Å². The Kier molecular flexibility index (Phi) is 3.90. The highest BCUT2D eigenvalue weighted by Gasteiger charge is 2.31. The van der Waals surface area contributed by atoms with Crippen molar-refractivity contribution >= 4 is 12.1 Å². The Hall–Kier alpha value is -1.30. The highest BCUT2D eigenvalue weighted by molar-refractivity contribution is 5.73. The zero-order valence-electron chi connectivity index (χ0n) is 8.86. The number of rotatable bonds is 3.